The third-order valence-corrected chi connectivity index (χ3v) is 3.63. The van der Waals surface area contributed by atoms with Crippen molar-refractivity contribution in [3.8, 4) is 0 Å². The van der Waals surface area contributed by atoms with E-state index in [1.807, 2.05) is 31.2 Å². The molecule has 1 aromatic carbocycles. The van der Waals surface area contributed by atoms with Gasteiger partial charge in [0, 0.05) is 17.3 Å². The molecular weight excluding hydrogens is 311 g/mol. The Bertz CT molecular complexity index is 713. The summed E-state index contributed by atoms with van der Waals surface area (Å²) in [4.78, 5) is 25.6. The van der Waals surface area contributed by atoms with Gasteiger partial charge in [0.1, 0.15) is 5.02 Å². The van der Waals surface area contributed by atoms with Crippen LogP contribution in [-0.2, 0) is 6.42 Å². The van der Waals surface area contributed by atoms with Gasteiger partial charge in [-0.15, -0.1) is 0 Å². The number of benzene rings is 1. The summed E-state index contributed by atoms with van der Waals surface area (Å²) >= 11 is 11.8. The van der Waals surface area contributed by atoms with E-state index in [0.29, 0.717) is 17.0 Å². The van der Waals surface area contributed by atoms with Gasteiger partial charge in [0.05, 0.1) is 5.56 Å². The van der Waals surface area contributed by atoms with Gasteiger partial charge in [0.15, 0.2) is 0 Å². The molecule has 2 aromatic rings. The molecule has 1 aromatic heterocycles. The van der Waals surface area contributed by atoms with E-state index in [2.05, 4.69) is 10.3 Å². The van der Waals surface area contributed by atoms with Gasteiger partial charge in [-0.05, 0) is 31.0 Å². The molecule has 0 saturated heterocycles. The van der Waals surface area contributed by atoms with Crippen molar-refractivity contribution in [1.82, 2.24) is 10.3 Å². The average Bonchev–Trinajstić information content (AvgIpc) is 2.44. The molecule has 21 heavy (non-hydrogen) atoms. The highest BCUT2D eigenvalue weighted by atomic mass is 35.5. The molecule has 0 radical (unpaired) electrons. The Morgan fingerprint density at radius 1 is 1.29 bits per heavy atom. The molecule has 1 amide bonds. The van der Waals surface area contributed by atoms with Crippen molar-refractivity contribution in [2.45, 2.75) is 19.4 Å². The third kappa shape index (κ3) is 4.09. The molecule has 0 bridgehead atoms. The molecule has 0 aliphatic heterocycles. The normalized spacial score (nSPS) is 12.0. The van der Waals surface area contributed by atoms with Gasteiger partial charge in [-0.1, -0.05) is 41.4 Å². The van der Waals surface area contributed by atoms with Crippen LogP contribution in [0.25, 0.3) is 0 Å². The van der Waals surface area contributed by atoms with Crippen LogP contribution in [0.4, 0.5) is 0 Å². The maximum absolute atomic E-state index is 12.1. The Morgan fingerprint density at radius 3 is 2.67 bits per heavy atom. The van der Waals surface area contributed by atoms with Crippen molar-refractivity contribution in [1.29, 1.82) is 0 Å². The number of aromatic amines is 1. The van der Waals surface area contributed by atoms with Crippen molar-refractivity contribution < 1.29 is 4.79 Å². The van der Waals surface area contributed by atoms with Crippen LogP contribution in [0.2, 0.25) is 10.0 Å². The van der Waals surface area contributed by atoms with Gasteiger partial charge in [-0.25, -0.2) is 0 Å². The first kappa shape index (κ1) is 15.6. The summed E-state index contributed by atoms with van der Waals surface area (Å²) in [5, 5.41) is 3.50. The molecule has 1 heterocycles. The second-order valence-electron chi connectivity index (χ2n) is 4.74. The number of amides is 1. The summed E-state index contributed by atoms with van der Waals surface area (Å²) in [5.74, 6) is -0.298. The van der Waals surface area contributed by atoms with Gasteiger partial charge in [0.25, 0.3) is 11.5 Å². The monoisotopic (exact) mass is 324 g/mol. The van der Waals surface area contributed by atoms with Gasteiger partial charge in [-0.2, -0.15) is 0 Å². The largest absolute Gasteiger partial charge is 0.349 e. The second-order valence-corrected chi connectivity index (χ2v) is 5.55. The minimum Gasteiger partial charge on any atom is -0.349 e. The molecule has 110 valence electrons. The summed E-state index contributed by atoms with van der Waals surface area (Å²) in [6.07, 6.45) is 1.95. The van der Waals surface area contributed by atoms with E-state index in [4.69, 9.17) is 23.2 Å². The van der Waals surface area contributed by atoms with Crippen LogP contribution in [0.15, 0.2) is 41.3 Å². The van der Waals surface area contributed by atoms with E-state index < -0.39 is 5.56 Å². The smallest absolute Gasteiger partial charge is 0.266 e. The third-order valence-electron chi connectivity index (χ3n) is 2.98. The predicted molar refractivity (Wildman–Crippen MR) is 84.2 cm³/mol. The molecule has 6 heteroatoms. The number of hydrogen-bond acceptors (Lipinski definition) is 2. The first-order chi connectivity index (χ1) is 9.97. The fraction of sp³-hybridized carbons (Fsp3) is 0.200. The predicted octanol–water partition coefficient (Wildman–Crippen LogP) is 3.04. The number of H-pyrrole nitrogens is 1. The summed E-state index contributed by atoms with van der Waals surface area (Å²) in [6.45, 7) is 1.88. The number of carbonyl (C=O) groups excluding carboxylic acids is 1. The van der Waals surface area contributed by atoms with Gasteiger partial charge in [-0.3, -0.25) is 9.59 Å². The Hall–Kier alpha value is -1.78. The zero-order chi connectivity index (χ0) is 15.4. The maximum Gasteiger partial charge on any atom is 0.266 e. The van der Waals surface area contributed by atoms with E-state index in [1.165, 1.54) is 12.3 Å². The van der Waals surface area contributed by atoms with Gasteiger partial charge in [0.2, 0.25) is 0 Å². The lowest BCUT2D eigenvalue weighted by Crippen LogP contribution is -2.34. The molecule has 2 N–H and O–H groups in total. The lowest BCUT2D eigenvalue weighted by molar-refractivity contribution is 0.0939. The van der Waals surface area contributed by atoms with Gasteiger partial charge < -0.3 is 10.3 Å². The zero-order valence-electron chi connectivity index (χ0n) is 11.3. The van der Waals surface area contributed by atoms with E-state index in [0.717, 1.165) is 5.56 Å². The first-order valence-corrected chi connectivity index (χ1v) is 7.15. The van der Waals surface area contributed by atoms with E-state index in [-0.39, 0.29) is 17.0 Å². The van der Waals surface area contributed by atoms with Crippen molar-refractivity contribution in [2.75, 3.05) is 0 Å². The molecule has 0 spiro atoms. The summed E-state index contributed by atoms with van der Waals surface area (Å²) in [7, 11) is 0. The number of rotatable bonds is 4. The molecule has 0 aliphatic rings. The standard InChI is InChI=1S/C15H14Cl2N2O2/c1-9(6-10-4-2-3-5-12(10)16)19-14(20)11-7-13(17)15(21)18-8-11/h2-5,7-9H,6H2,1H3,(H,18,21)(H,19,20)/t9-/m0/s1. The zero-order valence-corrected chi connectivity index (χ0v) is 12.8. The number of hydrogen-bond donors (Lipinski definition) is 2. The average molecular weight is 325 g/mol. The van der Waals surface area contributed by atoms with Crippen molar-refractivity contribution >= 4 is 29.1 Å². The molecule has 2 rings (SSSR count). The summed E-state index contributed by atoms with van der Waals surface area (Å²) in [5.41, 5.74) is 0.856. The number of pyridine rings is 1. The Balaban J connectivity index is 2.03. The van der Waals surface area contributed by atoms with Crippen LogP contribution < -0.4 is 10.9 Å². The Morgan fingerprint density at radius 2 is 2.00 bits per heavy atom. The maximum atomic E-state index is 12.1. The van der Waals surface area contributed by atoms with Crippen LogP contribution in [0.1, 0.15) is 22.8 Å². The van der Waals surface area contributed by atoms with Crippen LogP contribution in [0.3, 0.4) is 0 Å². The van der Waals surface area contributed by atoms with Crippen molar-refractivity contribution in [3.63, 3.8) is 0 Å². The fourth-order valence-electron chi connectivity index (χ4n) is 1.94. The van der Waals surface area contributed by atoms with Crippen LogP contribution >= 0.6 is 23.2 Å². The Kier molecular flexibility index (Phi) is 5.04. The second kappa shape index (κ2) is 6.78. The topological polar surface area (TPSA) is 62.0 Å². The molecular formula is C15H14Cl2N2O2. The van der Waals surface area contributed by atoms with E-state index in [9.17, 15) is 9.59 Å². The highest BCUT2D eigenvalue weighted by Crippen LogP contribution is 2.16. The molecule has 4 nitrogen and oxygen atoms in total. The van der Waals surface area contributed by atoms with E-state index in [1.54, 1.807) is 0 Å². The minimum absolute atomic E-state index is 0.0126. The summed E-state index contributed by atoms with van der Waals surface area (Å²) in [6, 6.07) is 8.73. The number of aromatic nitrogens is 1. The highest BCUT2D eigenvalue weighted by molar-refractivity contribution is 6.31. The number of nitrogens with one attached hydrogen (secondary N) is 2. The molecule has 0 unspecified atom stereocenters. The molecule has 0 aliphatic carbocycles. The van der Waals surface area contributed by atoms with Crippen molar-refractivity contribution in [3.05, 3.63) is 68.1 Å². The number of halogens is 2. The van der Waals surface area contributed by atoms with E-state index >= 15 is 0 Å². The summed E-state index contributed by atoms with van der Waals surface area (Å²) < 4.78 is 0. The lowest BCUT2D eigenvalue weighted by atomic mass is 10.1. The molecule has 1 atom stereocenters. The molecule has 0 fully saturated rings. The minimum atomic E-state index is -0.419. The van der Waals surface area contributed by atoms with Crippen LogP contribution in [-0.4, -0.2) is 16.9 Å². The van der Waals surface area contributed by atoms with Crippen LogP contribution in [0.5, 0.6) is 0 Å². The van der Waals surface area contributed by atoms with Crippen molar-refractivity contribution in [2.24, 2.45) is 0 Å². The quantitative estimate of drug-likeness (QED) is 0.908. The first-order valence-electron chi connectivity index (χ1n) is 6.40. The fourth-order valence-corrected chi connectivity index (χ4v) is 2.32. The molecule has 0 saturated carbocycles. The number of carbonyl (C=O) groups is 1. The van der Waals surface area contributed by atoms with Crippen LogP contribution in [0, 0.1) is 0 Å². The lowest BCUT2D eigenvalue weighted by Gasteiger charge is -2.14. The SMILES string of the molecule is C[C@@H](Cc1ccccc1Cl)NC(=O)c1c[nH]c(=O)c(Cl)c1. The van der Waals surface area contributed by atoms with Gasteiger partial charge >= 0.3 is 0 Å². The Labute approximate surface area is 132 Å². The highest BCUT2D eigenvalue weighted by Gasteiger charge is 2.12.